The Labute approximate surface area is 159 Å². The minimum absolute atomic E-state index is 0.108. The van der Waals surface area contributed by atoms with Gasteiger partial charge in [0.2, 0.25) is 0 Å². The fraction of sp³-hybridized carbons (Fsp3) is 0.364. The molecule has 0 aromatic heterocycles. The fourth-order valence-corrected chi connectivity index (χ4v) is 3.51. The maximum absolute atomic E-state index is 6.33. The number of nitrogens with zero attached hydrogens (tertiary/aromatic N) is 2. The predicted octanol–water partition coefficient (Wildman–Crippen LogP) is 4.72. The van der Waals surface area contributed by atoms with Crippen LogP contribution in [-0.4, -0.2) is 30.8 Å². The van der Waals surface area contributed by atoms with Crippen molar-refractivity contribution in [3.63, 3.8) is 0 Å². The van der Waals surface area contributed by atoms with E-state index < -0.39 is 11.4 Å². The van der Waals surface area contributed by atoms with E-state index in [0.717, 1.165) is 23.5 Å². The van der Waals surface area contributed by atoms with Crippen molar-refractivity contribution in [2.75, 3.05) is 6.61 Å². The van der Waals surface area contributed by atoms with Crippen molar-refractivity contribution >= 4 is 12.4 Å². The molecule has 0 spiro atoms. The van der Waals surface area contributed by atoms with E-state index in [1.54, 1.807) is 12.4 Å². The number of hydrogen-bond acceptors (Lipinski definition) is 5. The number of aliphatic imine (C=N–C) groups is 2. The second-order valence-electron chi connectivity index (χ2n) is 7.21. The number of benzene rings is 2. The first kappa shape index (κ1) is 17.9. The van der Waals surface area contributed by atoms with Gasteiger partial charge in [0.1, 0.15) is 11.5 Å². The Morgan fingerprint density at radius 2 is 1.67 bits per heavy atom. The van der Waals surface area contributed by atoms with Crippen LogP contribution in [0.5, 0.6) is 11.5 Å². The Kier molecular flexibility index (Phi) is 4.81. The summed E-state index contributed by atoms with van der Waals surface area (Å²) in [7, 11) is 0. The lowest BCUT2D eigenvalue weighted by Crippen LogP contribution is -2.45. The van der Waals surface area contributed by atoms with Crippen LogP contribution in [0, 0.1) is 0 Å². The van der Waals surface area contributed by atoms with Gasteiger partial charge in [0, 0.05) is 18.0 Å². The first-order valence-electron chi connectivity index (χ1n) is 9.31. The molecular weight excluding hydrogens is 340 g/mol. The smallest absolute Gasteiger partial charge is 0.199 e. The molecule has 0 amide bonds. The van der Waals surface area contributed by atoms with Gasteiger partial charge in [0.15, 0.2) is 11.4 Å². The topological polar surface area (TPSA) is 52.4 Å². The van der Waals surface area contributed by atoms with Crippen molar-refractivity contribution in [1.82, 2.24) is 0 Å². The molecule has 2 unspecified atom stereocenters. The van der Waals surface area contributed by atoms with Crippen LogP contribution in [0.2, 0.25) is 0 Å². The summed E-state index contributed by atoms with van der Waals surface area (Å²) in [5.41, 5.74) is 0.379. The zero-order valence-electron chi connectivity index (χ0n) is 15.7. The van der Waals surface area contributed by atoms with E-state index in [0.29, 0.717) is 13.0 Å². The van der Waals surface area contributed by atoms with Gasteiger partial charge in [-0.25, -0.2) is 0 Å². The third-order valence-corrected chi connectivity index (χ3v) is 4.86. The van der Waals surface area contributed by atoms with Gasteiger partial charge in [-0.1, -0.05) is 18.2 Å². The van der Waals surface area contributed by atoms with Crippen molar-refractivity contribution in [3.8, 4) is 11.5 Å². The van der Waals surface area contributed by atoms with Gasteiger partial charge in [0.05, 0.1) is 19.1 Å². The highest BCUT2D eigenvalue weighted by atomic mass is 16.7. The number of para-hydroxylation sites is 1. The zero-order valence-corrected chi connectivity index (χ0v) is 15.7. The Bertz CT molecular complexity index is 820. The maximum Gasteiger partial charge on any atom is 0.199 e. The van der Waals surface area contributed by atoms with Crippen LogP contribution < -0.4 is 4.74 Å². The quantitative estimate of drug-likeness (QED) is 0.771. The van der Waals surface area contributed by atoms with Crippen LogP contribution in [-0.2, 0) is 15.3 Å². The van der Waals surface area contributed by atoms with Gasteiger partial charge in [-0.2, -0.15) is 0 Å². The summed E-state index contributed by atoms with van der Waals surface area (Å²) in [6, 6.07) is 17.6. The maximum atomic E-state index is 6.33. The van der Waals surface area contributed by atoms with Gasteiger partial charge in [-0.3, -0.25) is 9.98 Å². The van der Waals surface area contributed by atoms with Crippen molar-refractivity contribution in [2.45, 2.75) is 44.2 Å². The summed E-state index contributed by atoms with van der Waals surface area (Å²) in [5.74, 6) is 0.712. The molecule has 140 valence electrons. The summed E-state index contributed by atoms with van der Waals surface area (Å²) in [5, 5.41) is 0. The Hall–Kier alpha value is -2.50. The van der Waals surface area contributed by atoms with Crippen LogP contribution in [0.4, 0.5) is 0 Å². The van der Waals surface area contributed by atoms with Crippen LogP contribution in [0.25, 0.3) is 0 Å². The Morgan fingerprint density at radius 1 is 1.00 bits per heavy atom. The van der Waals surface area contributed by atoms with Gasteiger partial charge in [0.25, 0.3) is 0 Å². The summed E-state index contributed by atoms with van der Waals surface area (Å²) >= 11 is 0. The van der Waals surface area contributed by atoms with Crippen LogP contribution in [0.3, 0.4) is 0 Å². The minimum atomic E-state index is -0.864. The molecule has 2 atom stereocenters. The zero-order chi connectivity index (χ0) is 18.7. The third kappa shape index (κ3) is 3.94. The highest BCUT2D eigenvalue weighted by molar-refractivity contribution is 6.17. The number of ether oxygens (including phenoxy) is 3. The normalized spacial score (nSPS) is 26.2. The Balaban J connectivity index is 1.60. The molecule has 27 heavy (non-hydrogen) atoms. The average molecular weight is 364 g/mol. The molecule has 5 nitrogen and oxygen atoms in total. The number of rotatable bonds is 5. The lowest BCUT2D eigenvalue weighted by Gasteiger charge is -2.43. The van der Waals surface area contributed by atoms with E-state index in [-0.39, 0.29) is 6.10 Å². The molecule has 2 aromatic rings. The van der Waals surface area contributed by atoms with Crippen molar-refractivity contribution in [3.05, 3.63) is 60.2 Å². The summed E-state index contributed by atoms with van der Waals surface area (Å²) in [6.07, 6.45) is 4.97. The first-order valence-corrected chi connectivity index (χ1v) is 9.31. The van der Waals surface area contributed by atoms with E-state index in [4.69, 9.17) is 14.2 Å². The van der Waals surface area contributed by atoms with Gasteiger partial charge in [-0.05, 0) is 56.7 Å². The third-order valence-electron chi connectivity index (χ3n) is 4.86. The molecule has 2 aliphatic heterocycles. The summed E-state index contributed by atoms with van der Waals surface area (Å²) in [4.78, 5) is 9.00. The van der Waals surface area contributed by atoms with E-state index in [9.17, 15) is 0 Å². The SMILES string of the molecule is CC1CCOC(CC2(C)N=CC=N2)(c2ccc(Oc3ccccc3)cc2)O1. The van der Waals surface area contributed by atoms with Gasteiger partial charge < -0.3 is 14.2 Å². The second kappa shape index (κ2) is 7.25. The predicted molar refractivity (Wildman–Crippen MR) is 106 cm³/mol. The lowest BCUT2D eigenvalue weighted by molar-refractivity contribution is -0.307. The fourth-order valence-electron chi connectivity index (χ4n) is 3.51. The largest absolute Gasteiger partial charge is 0.457 e. The molecule has 0 radical (unpaired) electrons. The molecule has 0 bridgehead atoms. The van der Waals surface area contributed by atoms with Gasteiger partial charge >= 0.3 is 0 Å². The molecule has 0 saturated carbocycles. The molecule has 0 N–H and O–H groups in total. The summed E-state index contributed by atoms with van der Waals surface area (Å²) in [6.45, 7) is 4.72. The molecule has 2 aliphatic rings. The standard InChI is InChI=1S/C22H24N2O3/c1-17-12-15-25-22(27-17,16-21(2)23-13-14-24-21)18-8-10-20(11-9-18)26-19-6-4-3-5-7-19/h3-11,13-14,17H,12,15-16H2,1-2H3. The van der Waals surface area contributed by atoms with E-state index in [2.05, 4.69) is 16.9 Å². The highest BCUT2D eigenvalue weighted by Crippen LogP contribution is 2.42. The molecule has 2 heterocycles. The van der Waals surface area contributed by atoms with Crippen molar-refractivity contribution in [2.24, 2.45) is 9.98 Å². The minimum Gasteiger partial charge on any atom is -0.457 e. The van der Waals surface area contributed by atoms with E-state index in [1.165, 1.54) is 0 Å². The van der Waals surface area contributed by atoms with Crippen LogP contribution in [0.1, 0.15) is 32.3 Å². The molecular formula is C22H24N2O3. The molecule has 5 heteroatoms. The molecule has 0 aliphatic carbocycles. The first-order chi connectivity index (χ1) is 13.1. The van der Waals surface area contributed by atoms with Gasteiger partial charge in [-0.15, -0.1) is 0 Å². The lowest BCUT2D eigenvalue weighted by atomic mass is 9.93. The highest BCUT2D eigenvalue weighted by Gasteiger charge is 2.45. The average Bonchev–Trinajstić information content (AvgIpc) is 3.09. The van der Waals surface area contributed by atoms with E-state index in [1.807, 2.05) is 61.5 Å². The molecule has 2 aromatic carbocycles. The Morgan fingerprint density at radius 3 is 2.33 bits per heavy atom. The van der Waals surface area contributed by atoms with Crippen LogP contribution in [0.15, 0.2) is 64.6 Å². The molecule has 4 rings (SSSR count). The molecule has 1 saturated heterocycles. The molecule has 1 fully saturated rings. The van der Waals surface area contributed by atoms with Crippen molar-refractivity contribution in [1.29, 1.82) is 0 Å². The summed E-state index contributed by atoms with van der Waals surface area (Å²) < 4.78 is 18.4. The monoisotopic (exact) mass is 364 g/mol. The number of hydrogen-bond donors (Lipinski definition) is 0. The van der Waals surface area contributed by atoms with Crippen molar-refractivity contribution < 1.29 is 14.2 Å². The second-order valence-corrected chi connectivity index (χ2v) is 7.21. The van der Waals surface area contributed by atoms with E-state index >= 15 is 0 Å². The van der Waals surface area contributed by atoms with Crippen LogP contribution >= 0.6 is 0 Å².